The summed E-state index contributed by atoms with van der Waals surface area (Å²) < 4.78 is 7.60. The van der Waals surface area contributed by atoms with E-state index in [9.17, 15) is 0 Å². The average Bonchev–Trinajstić information content (AvgIpc) is 2.59. The SMILES string of the molecule is CC(OCn1ccnc1CO)[Si](C)(C)C. The number of aliphatic hydroxyl groups excluding tert-OH is 1. The summed E-state index contributed by atoms with van der Waals surface area (Å²) in [7, 11) is -1.24. The molecule has 0 saturated carbocycles. The zero-order valence-corrected chi connectivity index (χ0v) is 10.9. The standard InChI is InChI=1S/C10H20N2O2Si/c1-9(15(2,3)4)14-8-12-6-5-11-10(12)7-13/h5-6,9,13H,7-8H2,1-4H3. The lowest BCUT2D eigenvalue weighted by atomic mass is 10.6. The van der Waals surface area contributed by atoms with E-state index in [2.05, 4.69) is 31.5 Å². The van der Waals surface area contributed by atoms with E-state index in [1.54, 1.807) is 6.20 Å². The lowest BCUT2D eigenvalue weighted by molar-refractivity contribution is 0.0524. The number of rotatable bonds is 5. The van der Waals surface area contributed by atoms with Gasteiger partial charge in [-0.15, -0.1) is 0 Å². The molecule has 1 aromatic rings. The monoisotopic (exact) mass is 228 g/mol. The van der Waals surface area contributed by atoms with E-state index in [1.807, 2.05) is 10.8 Å². The van der Waals surface area contributed by atoms with Crippen molar-refractivity contribution in [2.45, 2.75) is 45.6 Å². The fourth-order valence-electron chi connectivity index (χ4n) is 1.05. The fraction of sp³-hybridized carbons (Fsp3) is 0.700. The van der Waals surface area contributed by atoms with Crippen LogP contribution in [0.5, 0.6) is 0 Å². The molecule has 5 heteroatoms. The van der Waals surface area contributed by atoms with Gasteiger partial charge in [0.05, 0.1) is 8.07 Å². The van der Waals surface area contributed by atoms with Crippen LogP contribution in [0.15, 0.2) is 12.4 Å². The molecule has 0 fully saturated rings. The van der Waals surface area contributed by atoms with Crippen LogP contribution in [0.3, 0.4) is 0 Å². The third kappa shape index (κ3) is 3.44. The Hall–Kier alpha value is -0.653. The molecule has 1 N–H and O–H groups in total. The van der Waals surface area contributed by atoms with E-state index in [0.717, 1.165) is 0 Å². The smallest absolute Gasteiger partial charge is 0.136 e. The number of ether oxygens (including phenoxy) is 1. The molecule has 0 aliphatic rings. The van der Waals surface area contributed by atoms with Crippen molar-refractivity contribution in [3.63, 3.8) is 0 Å². The van der Waals surface area contributed by atoms with E-state index in [0.29, 0.717) is 18.3 Å². The first-order valence-corrected chi connectivity index (χ1v) is 8.75. The summed E-state index contributed by atoms with van der Waals surface area (Å²) in [5.74, 6) is 0.651. The van der Waals surface area contributed by atoms with Gasteiger partial charge in [-0.3, -0.25) is 0 Å². The van der Waals surface area contributed by atoms with Crippen LogP contribution in [-0.2, 0) is 18.1 Å². The van der Waals surface area contributed by atoms with Crippen LogP contribution in [-0.4, -0.2) is 28.5 Å². The molecule has 86 valence electrons. The minimum atomic E-state index is -1.24. The zero-order chi connectivity index (χ0) is 11.5. The molecular formula is C10H20N2O2Si. The highest BCUT2D eigenvalue weighted by atomic mass is 28.3. The van der Waals surface area contributed by atoms with Crippen molar-refractivity contribution >= 4 is 8.07 Å². The van der Waals surface area contributed by atoms with E-state index >= 15 is 0 Å². The molecule has 1 atom stereocenters. The number of nitrogens with zero attached hydrogens (tertiary/aromatic N) is 2. The Bertz CT molecular complexity index is 307. The van der Waals surface area contributed by atoms with Gasteiger partial charge in [0, 0.05) is 18.1 Å². The quantitative estimate of drug-likeness (QED) is 0.779. The first-order valence-electron chi connectivity index (χ1n) is 5.17. The number of aliphatic hydroxyl groups is 1. The molecule has 0 saturated heterocycles. The van der Waals surface area contributed by atoms with Crippen LogP contribution in [0.2, 0.25) is 19.6 Å². The second-order valence-corrected chi connectivity index (χ2v) is 10.3. The minimum Gasteiger partial charge on any atom is -0.388 e. The molecule has 15 heavy (non-hydrogen) atoms. The van der Waals surface area contributed by atoms with E-state index in [4.69, 9.17) is 9.84 Å². The first kappa shape index (κ1) is 12.4. The Balaban J connectivity index is 2.50. The first-order chi connectivity index (χ1) is 6.95. The second-order valence-electron chi connectivity index (χ2n) is 4.78. The third-order valence-corrected chi connectivity index (χ3v) is 5.23. The maximum Gasteiger partial charge on any atom is 0.136 e. The van der Waals surface area contributed by atoms with Gasteiger partial charge in [-0.25, -0.2) is 4.98 Å². The highest BCUT2D eigenvalue weighted by Crippen LogP contribution is 2.11. The van der Waals surface area contributed by atoms with E-state index in [1.165, 1.54) is 0 Å². The summed E-state index contributed by atoms with van der Waals surface area (Å²) in [5, 5.41) is 9.00. The normalized spacial score (nSPS) is 14.2. The van der Waals surface area contributed by atoms with Gasteiger partial charge in [-0.2, -0.15) is 0 Å². The fourth-order valence-corrected chi connectivity index (χ4v) is 1.63. The molecule has 0 aliphatic heterocycles. The van der Waals surface area contributed by atoms with Crippen LogP contribution < -0.4 is 0 Å². The average molecular weight is 228 g/mol. The van der Waals surface area contributed by atoms with Crippen LogP contribution in [0.4, 0.5) is 0 Å². The Kier molecular flexibility index (Phi) is 4.07. The molecule has 0 spiro atoms. The topological polar surface area (TPSA) is 47.3 Å². The molecule has 0 radical (unpaired) electrons. The summed E-state index contributed by atoms with van der Waals surface area (Å²) in [6.07, 6.45) is 3.50. The highest BCUT2D eigenvalue weighted by molar-refractivity contribution is 6.77. The van der Waals surface area contributed by atoms with Crippen molar-refractivity contribution in [3.8, 4) is 0 Å². The Morgan fingerprint density at radius 1 is 1.53 bits per heavy atom. The van der Waals surface area contributed by atoms with Gasteiger partial charge in [0.15, 0.2) is 0 Å². The molecule has 1 rings (SSSR count). The number of hydrogen-bond acceptors (Lipinski definition) is 3. The Morgan fingerprint density at radius 3 is 2.73 bits per heavy atom. The molecule has 1 aromatic heterocycles. The van der Waals surface area contributed by atoms with Gasteiger partial charge in [-0.05, 0) is 6.92 Å². The summed E-state index contributed by atoms with van der Waals surface area (Å²) in [6, 6.07) is 0. The maximum absolute atomic E-state index is 9.00. The summed E-state index contributed by atoms with van der Waals surface area (Å²) >= 11 is 0. The molecule has 4 nitrogen and oxygen atoms in total. The lowest BCUT2D eigenvalue weighted by Gasteiger charge is -2.25. The van der Waals surface area contributed by atoms with Crippen LogP contribution >= 0.6 is 0 Å². The Labute approximate surface area is 91.9 Å². The predicted molar refractivity (Wildman–Crippen MR) is 62.0 cm³/mol. The molecule has 0 amide bonds. The molecular weight excluding hydrogens is 208 g/mol. The van der Waals surface area contributed by atoms with Crippen molar-refractivity contribution in [1.82, 2.24) is 9.55 Å². The van der Waals surface area contributed by atoms with Crippen LogP contribution in [0.1, 0.15) is 12.7 Å². The third-order valence-electron chi connectivity index (χ3n) is 2.63. The lowest BCUT2D eigenvalue weighted by Crippen LogP contribution is -2.38. The number of imidazole rings is 1. The highest BCUT2D eigenvalue weighted by Gasteiger charge is 2.23. The summed E-state index contributed by atoms with van der Waals surface area (Å²) in [4.78, 5) is 4.02. The van der Waals surface area contributed by atoms with E-state index < -0.39 is 8.07 Å². The molecule has 0 aliphatic carbocycles. The Morgan fingerprint density at radius 2 is 2.20 bits per heavy atom. The van der Waals surface area contributed by atoms with Crippen molar-refractivity contribution in [3.05, 3.63) is 18.2 Å². The van der Waals surface area contributed by atoms with Crippen molar-refractivity contribution in [2.24, 2.45) is 0 Å². The van der Waals surface area contributed by atoms with Crippen LogP contribution in [0, 0.1) is 0 Å². The molecule has 0 aromatic carbocycles. The van der Waals surface area contributed by atoms with Crippen molar-refractivity contribution in [1.29, 1.82) is 0 Å². The zero-order valence-electron chi connectivity index (χ0n) is 9.90. The number of aromatic nitrogens is 2. The second kappa shape index (κ2) is 4.91. The summed E-state index contributed by atoms with van der Waals surface area (Å²) in [5.41, 5.74) is 0.298. The largest absolute Gasteiger partial charge is 0.388 e. The predicted octanol–water partition coefficient (Wildman–Crippen LogP) is 1.62. The van der Waals surface area contributed by atoms with Gasteiger partial charge in [-0.1, -0.05) is 19.6 Å². The minimum absolute atomic E-state index is 0.0440. The number of hydrogen-bond donors (Lipinski definition) is 1. The van der Waals surface area contributed by atoms with Gasteiger partial charge in [0.25, 0.3) is 0 Å². The molecule has 1 unspecified atom stereocenters. The van der Waals surface area contributed by atoms with Gasteiger partial charge >= 0.3 is 0 Å². The van der Waals surface area contributed by atoms with Gasteiger partial charge < -0.3 is 14.4 Å². The van der Waals surface area contributed by atoms with Gasteiger partial charge in [0.2, 0.25) is 0 Å². The van der Waals surface area contributed by atoms with Gasteiger partial charge in [0.1, 0.15) is 19.2 Å². The summed E-state index contributed by atoms with van der Waals surface area (Å²) in [6.45, 7) is 9.37. The molecule has 0 bridgehead atoms. The van der Waals surface area contributed by atoms with Crippen molar-refractivity contribution < 1.29 is 9.84 Å². The van der Waals surface area contributed by atoms with Crippen LogP contribution in [0.25, 0.3) is 0 Å². The van der Waals surface area contributed by atoms with E-state index in [-0.39, 0.29) is 6.61 Å². The maximum atomic E-state index is 9.00. The van der Waals surface area contributed by atoms with Crippen molar-refractivity contribution in [2.75, 3.05) is 0 Å². The molecule has 1 heterocycles.